The molecule has 0 bridgehead atoms. The summed E-state index contributed by atoms with van der Waals surface area (Å²) in [5, 5.41) is 0.978. The van der Waals surface area contributed by atoms with Gasteiger partial charge < -0.3 is 4.42 Å². The lowest BCUT2D eigenvalue weighted by molar-refractivity contribution is 0.0992. The van der Waals surface area contributed by atoms with Crippen LogP contribution in [0.4, 0.5) is 0 Å². The lowest BCUT2D eigenvalue weighted by atomic mass is 10.1. The highest BCUT2D eigenvalue weighted by atomic mass is 79.9. The fraction of sp³-hybridized carbons (Fsp3) is 0.308. The molecule has 1 heterocycles. The van der Waals surface area contributed by atoms with E-state index < -0.39 is 0 Å². The molecule has 17 heavy (non-hydrogen) atoms. The Labute approximate surface area is 112 Å². The molecule has 0 saturated carbocycles. The highest BCUT2D eigenvalue weighted by Gasteiger charge is 2.21. The van der Waals surface area contributed by atoms with E-state index in [9.17, 15) is 4.79 Å². The number of ketones is 1. The van der Waals surface area contributed by atoms with Gasteiger partial charge in [-0.15, -0.1) is 11.6 Å². The maximum atomic E-state index is 11.5. The summed E-state index contributed by atoms with van der Waals surface area (Å²) in [6, 6.07) is 3.80. The van der Waals surface area contributed by atoms with E-state index >= 15 is 0 Å². The van der Waals surface area contributed by atoms with Crippen molar-refractivity contribution >= 4 is 44.3 Å². The Morgan fingerprint density at radius 2 is 2.12 bits per heavy atom. The molecule has 2 aromatic rings. The fourth-order valence-corrected chi connectivity index (χ4v) is 3.25. The summed E-state index contributed by atoms with van der Waals surface area (Å²) in [7, 11) is 0. The van der Waals surface area contributed by atoms with Gasteiger partial charge in [0.25, 0.3) is 0 Å². The number of benzene rings is 1. The predicted molar refractivity (Wildman–Crippen MR) is 71.0 cm³/mol. The number of furan rings is 1. The second-order valence-corrected chi connectivity index (χ2v) is 5.38. The van der Waals surface area contributed by atoms with E-state index in [-0.39, 0.29) is 11.7 Å². The molecule has 0 fully saturated rings. The topological polar surface area (TPSA) is 30.2 Å². The van der Waals surface area contributed by atoms with Gasteiger partial charge in [0.15, 0.2) is 5.76 Å². The lowest BCUT2D eigenvalue weighted by Gasteiger charge is -2.02. The molecule has 0 saturated heterocycles. The summed E-state index contributed by atoms with van der Waals surface area (Å²) in [6.07, 6.45) is 3.24. The normalized spacial score (nSPS) is 14.2. The summed E-state index contributed by atoms with van der Waals surface area (Å²) >= 11 is 9.12. The van der Waals surface area contributed by atoms with E-state index in [0.717, 1.165) is 34.7 Å². The summed E-state index contributed by atoms with van der Waals surface area (Å²) in [5.74, 6) is 0.163. The van der Waals surface area contributed by atoms with E-state index in [1.165, 1.54) is 11.1 Å². The van der Waals surface area contributed by atoms with E-state index in [2.05, 4.69) is 15.9 Å². The average molecular weight is 314 g/mol. The van der Waals surface area contributed by atoms with Gasteiger partial charge >= 0.3 is 0 Å². The smallest absolute Gasteiger partial charge is 0.212 e. The second-order valence-electron chi connectivity index (χ2n) is 4.25. The minimum Gasteiger partial charge on any atom is -0.453 e. The number of carbonyl (C=O) groups excluding carboxylic acids is 1. The molecule has 0 atom stereocenters. The molecule has 0 spiro atoms. The fourth-order valence-electron chi connectivity index (χ4n) is 2.43. The van der Waals surface area contributed by atoms with Crippen molar-refractivity contribution in [2.24, 2.45) is 0 Å². The molecular formula is C13H10BrClO2. The SMILES string of the molecule is O=C(CCl)c1cc2cc(Br)c3c(c2o1)CCC3. The molecule has 2 nitrogen and oxygen atoms in total. The lowest BCUT2D eigenvalue weighted by Crippen LogP contribution is -1.96. The van der Waals surface area contributed by atoms with Crippen LogP contribution in [0.25, 0.3) is 11.0 Å². The van der Waals surface area contributed by atoms with Crippen LogP contribution in [-0.4, -0.2) is 11.7 Å². The zero-order valence-corrected chi connectivity index (χ0v) is 11.4. The van der Waals surface area contributed by atoms with Crippen molar-refractivity contribution in [3.05, 3.63) is 33.5 Å². The molecule has 0 aliphatic heterocycles. The summed E-state index contributed by atoms with van der Waals surface area (Å²) < 4.78 is 6.78. The third-order valence-electron chi connectivity index (χ3n) is 3.22. The standard InChI is InChI=1S/C13H10BrClO2/c14-10-4-7-5-12(11(16)6-15)17-13(7)9-3-1-2-8(9)10/h4-5H,1-3,6H2. The number of carbonyl (C=O) groups is 1. The van der Waals surface area contributed by atoms with Crippen LogP contribution in [0.5, 0.6) is 0 Å². The first-order valence-corrected chi connectivity index (χ1v) is 6.86. The van der Waals surface area contributed by atoms with Crippen molar-refractivity contribution in [3.8, 4) is 0 Å². The minimum absolute atomic E-state index is 0.0385. The van der Waals surface area contributed by atoms with Gasteiger partial charge in [-0.1, -0.05) is 15.9 Å². The largest absolute Gasteiger partial charge is 0.453 e. The third kappa shape index (κ3) is 1.72. The molecule has 1 aliphatic rings. The summed E-state index contributed by atoms with van der Waals surface area (Å²) in [5.41, 5.74) is 3.41. The van der Waals surface area contributed by atoms with Gasteiger partial charge in [0.1, 0.15) is 5.58 Å². The van der Waals surface area contributed by atoms with Crippen molar-refractivity contribution in [1.29, 1.82) is 0 Å². The zero-order chi connectivity index (χ0) is 12.0. The van der Waals surface area contributed by atoms with Crippen molar-refractivity contribution in [3.63, 3.8) is 0 Å². The van der Waals surface area contributed by atoms with Crippen LogP contribution >= 0.6 is 27.5 Å². The molecule has 1 aliphatic carbocycles. The average Bonchev–Trinajstić information content (AvgIpc) is 2.92. The Bertz CT molecular complexity index is 615. The first kappa shape index (κ1) is 11.3. The van der Waals surface area contributed by atoms with Crippen LogP contribution in [0.1, 0.15) is 28.1 Å². The quantitative estimate of drug-likeness (QED) is 0.617. The highest BCUT2D eigenvalue weighted by molar-refractivity contribution is 9.10. The maximum absolute atomic E-state index is 11.5. The van der Waals surface area contributed by atoms with E-state index in [0.29, 0.717) is 5.76 Å². The Morgan fingerprint density at radius 1 is 1.35 bits per heavy atom. The summed E-state index contributed by atoms with van der Waals surface area (Å²) in [4.78, 5) is 11.5. The molecule has 3 rings (SSSR count). The number of alkyl halides is 1. The molecule has 0 amide bonds. The number of aryl methyl sites for hydroxylation is 1. The molecule has 88 valence electrons. The molecule has 1 aromatic carbocycles. The van der Waals surface area contributed by atoms with Crippen LogP contribution in [0.3, 0.4) is 0 Å². The minimum atomic E-state index is -0.161. The summed E-state index contributed by atoms with van der Waals surface area (Å²) in [6.45, 7) is 0. The zero-order valence-electron chi connectivity index (χ0n) is 9.06. The first-order chi connectivity index (χ1) is 8.20. The van der Waals surface area contributed by atoms with Gasteiger partial charge in [0.05, 0.1) is 5.88 Å². The molecule has 0 unspecified atom stereocenters. The maximum Gasteiger partial charge on any atom is 0.212 e. The van der Waals surface area contributed by atoms with Gasteiger partial charge in [-0.05, 0) is 42.5 Å². The van der Waals surface area contributed by atoms with E-state index in [1.54, 1.807) is 6.07 Å². The number of rotatable bonds is 2. The Hall–Kier alpha value is -0.800. The molecule has 0 N–H and O–H groups in total. The molecule has 0 radical (unpaired) electrons. The Morgan fingerprint density at radius 3 is 2.88 bits per heavy atom. The van der Waals surface area contributed by atoms with Crippen molar-refractivity contribution in [2.45, 2.75) is 19.3 Å². The number of hydrogen-bond acceptors (Lipinski definition) is 2. The van der Waals surface area contributed by atoms with Crippen molar-refractivity contribution < 1.29 is 9.21 Å². The third-order valence-corrected chi connectivity index (χ3v) is 4.17. The number of fused-ring (bicyclic) bond motifs is 3. The number of hydrogen-bond donors (Lipinski definition) is 0. The van der Waals surface area contributed by atoms with Crippen LogP contribution in [0.15, 0.2) is 21.0 Å². The Kier molecular flexibility index (Phi) is 2.75. The van der Waals surface area contributed by atoms with Gasteiger partial charge in [-0.3, -0.25) is 4.79 Å². The van der Waals surface area contributed by atoms with Crippen LogP contribution < -0.4 is 0 Å². The van der Waals surface area contributed by atoms with Gasteiger partial charge in [0, 0.05) is 9.86 Å². The molecule has 4 heteroatoms. The van der Waals surface area contributed by atoms with E-state index in [4.69, 9.17) is 16.0 Å². The first-order valence-electron chi connectivity index (χ1n) is 5.53. The highest BCUT2D eigenvalue weighted by Crippen LogP contribution is 2.37. The van der Waals surface area contributed by atoms with Gasteiger partial charge in [-0.25, -0.2) is 0 Å². The molecule has 1 aromatic heterocycles. The molecular weight excluding hydrogens is 303 g/mol. The second kappa shape index (κ2) is 4.14. The predicted octanol–water partition coefficient (Wildman–Crippen LogP) is 4.11. The van der Waals surface area contributed by atoms with Gasteiger partial charge in [-0.2, -0.15) is 0 Å². The number of halogens is 2. The van der Waals surface area contributed by atoms with Gasteiger partial charge in [0.2, 0.25) is 5.78 Å². The monoisotopic (exact) mass is 312 g/mol. The van der Waals surface area contributed by atoms with E-state index in [1.807, 2.05) is 6.07 Å². The van der Waals surface area contributed by atoms with Crippen LogP contribution in [0, 0.1) is 0 Å². The van der Waals surface area contributed by atoms with Crippen LogP contribution in [-0.2, 0) is 12.8 Å². The van der Waals surface area contributed by atoms with Crippen molar-refractivity contribution in [1.82, 2.24) is 0 Å². The number of Topliss-reactive ketones (excluding diaryl/α,β-unsaturated/α-hetero) is 1. The van der Waals surface area contributed by atoms with Crippen molar-refractivity contribution in [2.75, 3.05) is 5.88 Å². The Balaban J connectivity index is 2.26. The van der Waals surface area contributed by atoms with Crippen LogP contribution in [0.2, 0.25) is 0 Å².